The fourth-order valence-corrected chi connectivity index (χ4v) is 10.3. The third kappa shape index (κ3) is 5.15. The molecule has 0 spiro atoms. The molecule has 2 aromatic carbocycles. The zero-order valence-electron chi connectivity index (χ0n) is 18.4. The van der Waals surface area contributed by atoms with Gasteiger partial charge in [-0.25, -0.2) is 0 Å². The number of carbonyl (C=O) groups is 1. The molecule has 0 radical (unpaired) electrons. The minimum Gasteiger partial charge on any atom is -0.451 e. The number of azide groups is 1. The van der Waals surface area contributed by atoms with Crippen LogP contribution in [0.5, 0.6) is 0 Å². The molecule has 0 saturated carbocycles. The molecule has 1 aliphatic heterocycles. The number of hydrogen-bond acceptors (Lipinski definition) is 5. The Morgan fingerprint density at radius 1 is 1.13 bits per heavy atom. The molecule has 8 heteroatoms. The predicted octanol–water partition coefficient (Wildman–Crippen LogP) is 4.64. The van der Waals surface area contributed by atoms with E-state index in [-0.39, 0.29) is 22.3 Å². The highest BCUT2D eigenvalue weighted by Crippen LogP contribution is 2.40. The highest BCUT2D eigenvalue weighted by molar-refractivity contribution is 8.00. The maximum absolute atomic E-state index is 11.5. The van der Waals surface area contributed by atoms with E-state index in [0.717, 1.165) is 0 Å². The van der Waals surface area contributed by atoms with Gasteiger partial charge in [-0.1, -0.05) is 86.5 Å². The Labute approximate surface area is 189 Å². The minimum absolute atomic E-state index is 0.0708. The van der Waals surface area contributed by atoms with Gasteiger partial charge >= 0.3 is 5.97 Å². The Bertz CT molecular complexity index is 891. The van der Waals surface area contributed by atoms with E-state index in [0.29, 0.717) is 13.0 Å². The van der Waals surface area contributed by atoms with Crippen LogP contribution in [0.25, 0.3) is 10.4 Å². The van der Waals surface area contributed by atoms with Crippen LogP contribution < -0.4 is 10.4 Å². The van der Waals surface area contributed by atoms with Gasteiger partial charge in [-0.3, -0.25) is 4.79 Å². The van der Waals surface area contributed by atoms with Gasteiger partial charge in [0.2, 0.25) is 0 Å². The van der Waals surface area contributed by atoms with Crippen molar-refractivity contribution in [2.24, 2.45) is 5.11 Å². The second-order valence-corrected chi connectivity index (χ2v) is 14.4. The highest BCUT2D eigenvalue weighted by atomic mass is 32.2. The minimum atomic E-state index is -2.64. The number of ether oxygens (including phenoxy) is 1. The van der Waals surface area contributed by atoms with Crippen molar-refractivity contribution in [2.75, 3.05) is 6.61 Å². The van der Waals surface area contributed by atoms with E-state index in [1.807, 2.05) is 12.1 Å². The predicted molar refractivity (Wildman–Crippen MR) is 128 cm³/mol. The van der Waals surface area contributed by atoms with E-state index >= 15 is 0 Å². The molecule has 1 unspecified atom stereocenters. The lowest BCUT2D eigenvalue weighted by molar-refractivity contribution is -0.142. The van der Waals surface area contributed by atoms with Crippen molar-refractivity contribution in [1.82, 2.24) is 0 Å². The molecule has 1 heterocycles. The van der Waals surface area contributed by atoms with E-state index in [4.69, 9.17) is 14.7 Å². The molecule has 0 N–H and O–H groups in total. The third-order valence-electron chi connectivity index (χ3n) is 5.53. The van der Waals surface area contributed by atoms with Crippen molar-refractivity contribution in [1.29, 1.82) is 0 Å². The van der Waals surface area contributed by atoms with E-state index < -0.39 is 13.8 Å². The first-order chi connectivity index (χ1) is 14.8. The lowest BCUT2D eigenvalue weighted by atomic mass is 10.2. The SMILES string of the molecule is CC(=O)OC1S[C@H](CO[Si](c2ccccc2)(c2ccccc2)C(C)(C)C)C[C@@H]1N=[N+]=[N-]. The molecule has 0 bridgehead atoms. The molecule has 31 heavy (non-hydrogen) atoms. The van der Waals surface area contributed by atoms with Crippen LogP contribution in [0.15, 0.2) is 65.8 Å². The lowest BCUT2D eigenvalue weighted by Gasteiger charge is -2.43. The molecule has 1 aliphatic rings. The van der Waals surface area contributed by atoms with Crippen LogP contribution in [0.3, 0.4) is 0 Å². The van der Waals surface area contributed by atoms with Crippen molar-refractivity contribution in [2.45, 2.75) is 55.9 Å². The van der Waals surface area contributed by atoms with Crippen molar-refractivity contribution < 1.29 is 14.0 Å². The first-order valence-corrected chi connectivity index (χ1v) is 13.2. The fourth-order valence-electron chi connectivity index (χ4n) is 4.24. The zero-order chi connectivity index (χ0) is 22.5. The summed E-state index contributed by atoms with van der Waals surface area (Å²) in [6.07, 6.45) is 0.616. The van der Waals surface area contributed by atoms with E-state index in [1.54, 1.807) is 0 Å². The van der Waals surface area contributed by atoms with E-state index in [9.17, 15) is 4.79 Å². The second-order valence-electron chi connectivity index (χ2n) is 8.72. The van der Waals surface area contributed by atoms with Crippen molar-refractivity contribution in [3.8, 4) is 0 Å². The molecule has 3 atom stereocenters. The molecule has 6 nitrogen and oxygen atoms in total. The number of benzene rings is 2. The molecule has 0 aliphatic carbocycles. The van der Waals surface area contributed by atoms with Crippen molar-refractivity contribution >= 4 is 36.4 Å². The molecule has 1 saturated heterocycles. The maximum Gasteiger partial charge on any atom is 0.303 e. The third-order valence-corrected chi connectivity index (χ3v) is 11.9. The summed E-state index contributed by atoms with van der Waals surface area (Å²) in [5.74, 6) is -0.371. The average Bonchev–Trinajstić information content (AvgIpc) is 3.10. The standard InChI is InChI=1S/C23H29N3O3SSi/c1-17(27)29-22-21(25-26-24)15-18(30-22)16-28-31(23(2,3)4,19-11-7-5-8-12-19)20-13-9-6-10-14-20/h5-14,18,21-22H,15-16H2,1-4H3/t18-,21-,22?/m0/s1. The van der Waals surface area contributed by atoms with Gasteiger partial charge in [-0.2, -0.15) is 0 Å². The largest absolute Gasteiger partial charge is 0.451 e. The van der Waals surface area contributed by atoms with Crippen molar-refractivity contribution in [3.05, 3.63) is 71.1 Å². The summed E-state index contributed by atoms with van der Waals surface area (Å²) in [4.78, 5) is 14.4. The van der Waals surface area contributed by atoms with Gasteiger partial charge in [0.15, 0.2) is 5.44 Å². The average molecular weight is 456 g/mol. The zero-order valence-corrected chi connectivity index (χ0v) is 20.2. The number of rotatable bonds is 7. The second kappa shape index (κ2) is 9.91. The quantitative estimate of drug-likeness (QED) is 0.200. The Morgan fingerprint density at radius 2 is 1.68 bits per heavy atom. The molecule has 2 aromatic rings. The first kappa shape index (κ1) is 23.4. The Morgan fingerprint density at radius 3 is 2.13 bits per heavy atom. The van der Waals surface area contributed by atoms with Crippen LogP contribution in [0.1, 0.15) is 34.1 Å². The summed E-state index contributed by atoms with van der Waals surface area (Å²) in [7, 11) is -2.64. The lowest BCUT2D eigenvalue weighted by Crippen LogP contribution is -2.67. The number of thioether (sulfide) groups is 1. The summed E-state index contributed by atoms with van der Waals surface area (Å²) in [6.45, 7) is 8.59. The molecule has 164 valence electrons. The van der Waals surface area contributed by atoms with Crippen LogP contribution in [0, 0.1) is 0 Å². The monoisotopic (exact) mass is 455 g/mol. The Balaban J connectivity index is 1.93. The van der Waals surface area contributed by atoms with Crippen molar-refractivity contribution in [3.63, 3.8) is 0 Å². The number of nitrogens with zero attached hydrogens (tertiary/aromatic N) is 3. The Kier molecular flexibility index (Phi) is 7.49. The fraction of sp³-hybridized carbons (Fsp3) is 0.435. The number of esters is 1. The molecular weight excluding hydrogens is 426 g/mol. The van der Waals surface area contributed by atoms with Gasteiger partial charge in [0.1, 0.15) is 0 Å². The highest BCUT2D eigenvalue weighted by Gasteiger charge is 2.51. The van der Waals surface area contributed by atoms with Crippen LogP contribution in [0.4, 0.5) is 0 Å². The van der Waals surface area contributed by atoms with Gasteiger partial charge in [0.05, 0.1) is 6.04 Å². The van der Waals surface area contributed by atoms with Gasteiger partial charge < -0.3 is 9.16 Å². The summed E-state index contributed by atoms with van der Waals surface area (Å²) in [5.41, 5.74) is 8.44. The summed E-state index contributed by atoms with van der Waals surface area (Å²) in [6, 6.07) is 20.6. The van der Waals surface area contributed by atoms with E-state index in [2.05, 4.69) is 79.3 Å². The van der Waals surface area contributed by atoms with Gasteiger partial charge in [-0.15, -0.1) is 11.8 Å². The molecule has 0 aromatic heterocycles. The first-order valence-electron chi connectivity index (χ1n) is 10.4. The summed E-state index contributed by atoms with van der Waals surface area (Å²) in [5, 5.41) is 6.26. The topological polar surface area (TPSA) is 84.3 Å². The van der Waals surface area contributed by atoms with Gasteiger partial charge in [-0.05, 0) is 27.4 Å². The molecule has 0 amide bonds. The molecule has 3 rings (SSSR count). The Hall–Kier alpha value is -2.25. The van der Waals surface area contributed by atoms with E-state index in [1.165, 1.54) is 29.1 Å². The van der Waals surface area contributed by atoms with Crippen LogP contribution in [-0.2, 0) is 14.0 Å². The van der Waals surface area contributed by atoms with Crippen LogP contribution >= 0.6 is 11.8 Å². The van der Waals surface area contributed by atoms with Crippen LogP contribution in [0.2, 0.25) is 5.04 Å². The molecular formula is C23H29N3O3SSi. The smallest absolute Gasteiger partial charge is 0.303 e. The maximum atomic E-state index is 11.5. The summed E-state index contributed by atoms with van der Waals surface area (Å²) >= 11 is 1.52. The van der Waals surface area contributed by atoms with Gasteiger partial charge in [0.25, 0.3) is 8.32 Å². The summed E-state index contributed by atoms with van der Waals surface area (Å²) < 4.78 is 12.4. The number of carbonyl (C=O) groups excluding carboxylic acids is 1. The van der Waals surface area contributed by atoms with Crippen LogP contribution in [-0.4, -0.2) is 37.6 Å². The number of hydrogen-bond donors (Lipinski definition) is 0. The molecule has 1 fully saturated rings. The van der Waals surface area contributed by atoms with Gasteiger partial charge in [0, 0.05) is 23.7 Å². The normalized spacial score (nSPS) is 21.4.